The standard InChI is InChI=1S/C13H17N3O3/c1-9(17)8-10-4-2-3-7-16(10)13(19)11-5-6-12(18)15-14-11/h5-6,10H,2-4,7-8H2,1H3,(H,15,18). The van der Waals surface area contributed by atoms with Crippen LogP contribution >= 0.6 is 0 Å². The molecule has 0 aromatic carbocycles. The molecular weight excluding hydrogens is 246 g/mol. The van der Waals surface area contributed by atoms with Crippen molar-refractivity contribution in [1.29, 1.82) is 0 Å². The van der Waals surface area contributed by atoms with Crippen LogP contribution in [0.4, 0.5) is 0 Å². The van der Waals surface area contributed by atoms with Gasteiger partial charge in [-0.05, 0) is 32.3 Å². The molecule has 6 nitrogen and oxygen atoms in total. The minimum absolute atomic E-state index is 0.0486. The maximum Gasteiger partial charge on any atom is 0.274 e. The Kier molecular flexibility index (Phi) is 4.09. The molecule has 102 valence electrons. The molecule has 1 amide bonds. The first-order valence-corrected chi connectivity index (χ1v) is 6.44. The maximum absolute atomic E-state index is 12.3. The Hall–Kier alpha value is -1.98. The zero-order valence-electron chi connectivity index (χ0n) is 10.9. The highest BCUT2D eigenvalue weighted by Gasteiger charge is 2.28. The van der Waals surface area contributed by atoms with Crippen LogP contribution in [-0.4, -0.2) is 39.4 Å². The summed E-state index contributed by atoms with van der Waals surface area (Å²) in [6, 6.07) is 2.65. The van der Waals surface area contributed by atoms with Crippen LogP contribution in [0.2, 0.25) is 0 Å². The van der Waals surface area contributed by atoms with E-state index >= 15 is 0 Å². The lowest BCUT2D eigenvalue weighted by molar-refractivity contribution is -0.118. The normalized spacial score (nSPS) is 19.2. The van der Waals surface area contributed by atoms with Crippen molar-refractivity contribution in [1.82, 2.24) is 15.1 Å². The molecule has 1 N–H and O–H groups in total. The van der Waals surface area contributed by atoms with Crippen molar-refractivity contribution in [2.24, 2.45) is 0 Å². The number of amides is 1. The second-order valence-electron chi connectivity index (χ2n) is 4.86. The van der Waals surface area contributed by atoms with Gasteiger partial charge in [0.05, 0.1) is 0 Å². The van der Waals surface area contributed by atoms with Gasteiger partial charge >= 0.3 is 0 Å². The Morgan fingerprint density at radius 1 is 1.42 bits per heavy atom. The lowest BCUT2D eigenvalue weighted by Crippen LogP contribution is -2.45. The van der Waals surface area contributed by atoms with Gasteiger partial charge in [-0.2, -0.15) is 5.10 Å². The monoisotopic (exact) mass is 263 g/mol. The number of H-pyrrole nitrogens is 1. The highest BCUT2D eigenvalue weighted by molar-refractivity contribution is 5.92. The number of aromatic amines is 1. The number of likely N-dealkylation sites (tertiary alicyclic amines) is 1. The quantitative estimate of drug-likeness (QED) is 0.872. The number of ketones is 1. The molecule has 0 bridgehead atoms. The van der Waals surface area contributed by atoms with Crippen LogP contribution in [0.15, 0.2) is 16.9 Å². The fraction of sp³-hybridized carbons (Fsp3) is 0.538. The van der Waals surface area contributed by atoms with Gasteiger partial charge in [0.15, 0.2) is 0 Å². The summed E-state index contributed by atoms with van der Waals surface area (Å²) < 4.78 is 0. The molecule has 1 unspecified atom stereocenters. The van der Waals surface area contributed by atoms with Gasteiger partial charge in [0.1, 0.15) is 11.5 Å². The van der Waals surface area contributed by atoms with Gasteiger partial charge in [-0.3, -0.25) is 14.4 Å². The third-order valence-electron chi connectivity index (χ3n) is 3.31. The van der Waals surface area contributed by atoms with Crippen molar-refractivity contribution in [3.63, 3.8) is 0 Å². The Morgan fingerprint density at radius 2 is 2.21 bits per heavy atom. The smallest absolute Gasteiger partial charge is 0.274 e. The van der Waals surface area contributed by atoms with Crippen LogP contribution in [0.5, 0.6) is 0 Å². The summed E-state index contributed by atoms with van der Waals surface area (Å²) in [6.07, 6.45) is 3.19. The van der Waals surface area contributed by atoms with Gasteiger partial charge in [-0.25, -0.2) is 5.10 Å². The van der Waals surface area contributed by atoms with Gasteiger partial charge < -0.3 is 4.90 Å². The van der Waals surface area contributed by atoms with Crippen molar-refractivity contribution in [3.8, 4) is 0 Å². The molecule has 1 atom stereocenters. The first-order valence-electron chi connectivity index (χ1n) is 6.44. The van der Waals surface area contributed by atoms with Crippen LogP contribution in [-0.2, 0) is 4.79 Å². The van der Waals surface area contributed by atoms with E-state index in [1.807, 2.05) is 0 Å². The topological polar surface area (TPSA) is 83.1 Å². The van der Waals surface area contributed by atoms with E-state index in [1.54, 1.807) is 4.90 Å². The number of carbonyl (C=O) groups is 2. The summed E-state index contributed by atoms with van der Waals surface area (Å²) in [5, 5.41) is 6.01. The number of nitrogens with one attached hydrogen (secondary N) is 1. The molecule has 0 saturated carbocycles. The van der Waals surface area contributed by atoms with Crippen molar-refractivity contribution in [2.45, 2.75) is 38.6 Å². The number of Topliss-reactive ketones (excluding diaryl/α,β-unsaturated/α-hetero) is 1. The summed E-state index contributed by atoms with van der Waals surface area (Å²) in [4.78, 5) is 36.2. The predicted molar refractivity (Wildman–Crippen MR) is 68.8 cm³/mol. The van der Waals surface area contributed by atoms with E-state index in [0.717, 1.165) is 19.3 Å². The van der Waals surface area contributed by atoms with E-state index in [-0.39, 0.29) is 29.0 Å². The summed E-state index contributed by atoms with van der Waals surface area (Å²) in [7, 11) is 0. The summed E-state index contributed by atoms with van der Waals surface area (Å²) >= 11 is 0. The molecule has 2 rings (SSSR count). The third-order valence-corrected chi connectivity index (χ3v) is 3.31. The van der Waals surface area contributed by atoms with Crippen molar-refractivity contribution in [3.05, 3.63) is 28.2 Å². The molecule has 1 aromatic rings. The molecule has 1 aliphatic heterocycles. The van der Waals surface area contributed by atoms with Crippen molar-refractivity contribution >= 4 is 11.7 Å². The zero-order valence-corrected chi connectivity index (χ0v) is 10.9. The average Bonchev–Trinajstić information content (AvgIpc) is 2.39. The summed E-state index contributed by atoms with van der Waals surface area (Å²) in [5.41, 5.74) is -0.120. The highest BCUT2D eigenvalue weighted by Crippen LogP contribution is 2.21. The Balaban J connectivity index is 2.17. The molecule has 1 fully saturated rings. The van der Waals surface area contributed by atoms with Crippen LogP contribution in [0.25, 0.3) is 0 Å². The molecule has 19 heavy (non-hydrogen) atoms. The lowest BCUT2D eigenvalue weighted by Gasteiger charge is -2.35. The highest BCUT2D eigenvalue weighted by atomic mass is 16.2. The SMILES string of the molecule is CC(=O)CC1CCCCN1C(=O)c1ccc(=O)[nH]n1. The molecular formula is C13H17N3O3. The average molecular weight is 263 g/mol. The number of nitrogens with zero attached hydrogens (tertiary/aromatic N) is 2. The summed E-state index contributed by atoms with van der Waals surface area (Å²) in [5.74, 6) is -0.138. The van der Waals surface area contributed by atoms with Crippen LogP contribution in [0.1, 0.15) is 43.1 Å². The minimum Gasteiger partial charge on any atom is -0.334 e. The molecule has 1 aromatic heterocycles. The van der Waals surface area contributed by atoms with E-state index in [2.05, 4.69) is 10.2 Å². The van der Waals surface area contributed by atoms with Crippen LogP contribution in [0.3, 0.4) is 0 Å². The first-order chi connectivity index (χ1) is 9.08. The number of carbonyl (C=O) groups excluding carboxylic acids is 2. The molecule has 1 aliphatic rings. The van der Waals surface area contributed by atoms with E-state index in [9.17, 15) is 14.4 Å². The Morgan fingerprint density at radius 3 is 2.84 bits per heavy atom. The number of hydrogen-bond donors (Lipinski definition) is 1. The first kappa shape index (κ1) is 13.5. The van der Waals surface area contributed by atoms with Gasteiger partial charge in [0, 0.05) is 25.1 Å². The van der Waals surface area contributed by atoms with Crippen LogP contribution < -0.4 is 5.56 Å². The van der Waals surface area contributed by atoms with Crippen LogP contribution in [0, 0.1) is 0 Å². The second-order valence-corrected chi connectivity index (χ2v) is 4.86. The van der Waals surface area contributed by atoms with Crippen molar-refractivity contribution in [2.75, 3.05) is 6.54 Å². The number of piperidine rings is 1. The molecule has 0 aliphatic carbocycles. The Labute approximate surface area is 110 Å². The fourth-order valence-electron chi connectivity index (χ4n) is 2.42. The second kappa shape index (κ2) is 5.77. The van der Waals surface area contributed by atoms with Gasteiger partial charge in [0.2, 0.25) is 0 Å². The van der Waals surface area contributed by atoms with Gasteiger partial charge in [0.25, 0.3) is 11.5 Å². The minimum atomic E-state index is -0.338. The molecule has 6 heteroatoms. The van der Waals surface area contributed by atoms with E-state index in [4.69, 9.17) is 0 Å². The Bertz CT molecular complexity index is 518. The number of rotatable bonds is 3. The fourth-order valence-corrected chi connectivity index (χ4v) is 2.42. The lowest BCUT2D eigenvalue weighted by atomic mass is 9.97. The predicted octanol–water partition coefficient (Wildman–Crippen LogP) is 0.744. The van der Waals surface area contributed by atoms with Gasteiger partial charge in [-0.1, -0.05) is 0 Å². The molecule has 0 radical (unpaired) electrons. The zero-order chi connectivity index (χ0) is 13.8. The van der Waals surface area contributed by atoms with E-state index < -0.39 is 0 Å². The van der Waals surface area contributed by atoms with Crippen molar-refractivity contribution < 1.29 is 9.59 Å². The molecule has 2 heterocycles. The largest absolute Gasteiger partial charge is 0.334 e. The maximum atomic E-state index is 12.3. The number of hydrogen-bond acceptors (Lipinski definition) is 4. The molecule has 0 spiro atoms. The van der Waals surface area contributed by atoms with Gasteiger partial charge in [-0.15, -0.1) is 0 Å². The third kappa shape index (κ3) is 3.27. The molecule has 1 saturated heterocycles. The van der Waals surface area contributed by atoms with E-state index in [0.29, 0.717) is 13.0 Å². The summed E-state index contributed by atoms with van der Waals surface area (Å²) in [6.45, 7) is 2.17. The van der Waals surface area contributed by atoms with E-state index in [1.165, 1.54) is 19.1 Å². The number of aromatic nitrogens is 2.